The highest BCUT2D eigenvalue weighted by Gasteiger charge is 2.87. The summed E-state index contributed by atoms with van der Waals surface area (Å²) in [4.78, 5) is 21.2. The van der Waals surface area contributed by atoms with Crippen LogP contribution in [0.2, 0.25) is 0 Å². The number of esters is 1. The van der Waals surface area contributed by atoms with Crippen molar-refractivity contribution in [1.29, 1.82) is 0 Å². The van der Waals surface area contributed by atoms with Gasteiger partial charge in [0.2, 0.25) is 0 Å². The molecule has 0 aliphatic heterocycles. The summed E-state index contributed by atoms with van der Waals surface area (Å²) in [5, 5.41) is 11.0. The van der Waals surface area contributed by atoms with Gasteiger partial charge in [0.25, 0.3) is 0 Å². The van der Waals surface area contributed by atoms with E-state index < -0.39 is 82.4 Å². The third kappa shape index (κ3) is 5.61. The van der Waals surface area contributed by atoms with Gasteiger partial charge in [-0.1, -0.05) is 0 Å². The van der Waals surface area contributed by atoms with Gasteiger partial charge >= 0.3 is 47.7 Å². The summed E-state index contributed by atoms with van der Waals surface area (Å²) in [5.74, 6) is -39.5. The molecular formula is C16H11F12NO6S. The van der Waals surface area contributed by atoms with E-state index in [1.807, 2.05) is 0 Å². The van der Waals surface area contributed by atoms with Crippen LogP contribution in [0.3, 0.4) is 0 Å². The monoisotopic (exact) mass is 573 g/mol. The second kappa shape index (κ2) is 10.3. The number of carbonyl (C=O) groups is 1. The number of nitrogens with zero attached hydrogens (tertiary/aromatic N) is 1. The summed E-state index contributed by atoms with van der Waals surface area (Å²) in [6.07, 6.45) is -4.53. The average Bonchev–Trinajstić information content (AvgIpc) is 2.75. The van der Waals surface area contributed by atoms with Crippen molar-refractivity contribution in [2.24, 2.45) is 0 Å². The summed E-state index contributed by atoms with van der Waals surface area (Å²) in [6.45, 7) is -4.74. The molecule has 36 heavy (non-hydrogen) atoms. The summed E-state index contributed by atoms with van der Waals surface area (Å²) in [6, 6.07) is 2.48. The first-order valence-corrected chi connectivity index (χ1v) is 10.2. The van der Waals surface area contributed by atoms with Crippen molar-refractivity contribution in [3.05, 3.63) is 28.3 Å². The molecule has 0 radical (unpaired) electrons. The Bertz CT molecular complexity index is 1020. The van der Waals surface area contributed by atoms with Gasteiger partial charge in [0.1, 0.15) is 0 Å². The molecule has 0 heterocycles. The second-order valence-corrected chi connectivity index (χ2v) is 8.02. The highest BCUT2D eigenvalue weighted by Crippen LogP contribution is 2.58. The Morgan fingerprint density at radius 2 is 1.53 bits per heavy atom. The molecule has 1 rings (SSSR count). The largest absolute Gasteiger partial charge is 0.475 e. The Balaban J connectivity index is 3.02. The number of nitro groups is 1. The van der Waals surface area contributed by atoms with Crippen LogP contribution in [-0.4, -0.2) is 70.6 Å². The van der Waals surface area contributed by atoms with Gasteiger partial charge in [0.05, 0.1) is 15.7 Å². The van der Waals surface area contributed by atoms with E-state index in [-0.39, 0.29) is 4.90 Å². The van der Waals surface area contributed by atoms with Crippen LogP contribution in [0.4, 0.5) is 58.4 Å². The molecule has 0 N–H and O–H groups in total. The van der Waals surface area contributed by atoms with Gasteiger partial charge in [0.15, 0.2) is 19.0 Å². The smallest absolute Gasteiger partial charge is 0.384 e. The standard InChI is InChI=1S/C16H11F12NO6S/c1-36(33)7-2-3-9(8(4-7)29(31)32)34-5-10(30)35-6-12(19,20)14(23,24)16(27,28)15(25,26)13(21,22)11(17)18/h2-4,11H,5-6H2,1H3. The molecule has 0 amide bonds. The maximum absolute atomic E-state index is 13.6. The van der Waals surface area contributed by atoms with Crippen LogP contribution in [0.1, 0.15) is 0 Å². The maximum Gasteiger partial charge on any atom is 0.384 e. The Morgan fingerprint density at radius 3 is 1.97 bits per heavy atom. The number of nitro benzene ring substituents is 1. The fraction of sp³-hybridized carbons (Fsp3) is 0.562. The molecule has 1 unspecified atom stereocenters. The lowest BCUT2D eigenvalue weighted by atomic mass is 9.94. The minimum atomic E-state index is -7.78. The van der Waals surface area contributed by atoms with Gasteiger partial charge in [0, 0.05) is 17.2 Å². The molecule has 1 aromatic rings. The molecule has 0 aromatic heterocycles. The minimum Gasteiger partial charge on any atom is -0.475 e. The number of halogens is 12. The predicted molar refractivity (Wildman–Crippen MR) is 92.6 cm³/mol. The molecule has 206 valence electrons. The molecule has 7 nitrogen and oxygen atoms in total. The van der Waals surface area contributed by atoms with Crippen molar-refractivity contribution in [3.63, 3.8) is 0 Å². The fourth-order valence-electron chi connectivity index (χ4n) is 2.15. The number of hydrogen-bond donors (Lipinski definition) is 0. The first-order chi connectivity index (χ1) is 16.0. The fourth-order valence-corrected chi connectivity index (χ4v) is 2.69. The molecule has 0 fully saturated rings. The molecule has 0 saturated heterocycles. The molecule has 1 atom stereocenters. The van der Waals surface area contributed by atoms with Crippen molar-refractivity contribution in [1.82, 2.24) is 0 Å². The minimum absolute atomic E-state index is 0.103. The van der Waals surface area contributed by atoms with E-state index in [4.69, 9.17) is 0 Å². The quantitative estimate of drug-likeness (QED) is 0.156. The number of carbonyl (C=O) groups excluding carboxylic acids is 1. The lowest BCUT2D eigenvalue weighted by Gasteiger charge is -2.38. The molecule has 0 aliphatic rings. The Labute approximate surface area is 193 Å². The Morgan fingerprint density at radius 1 is 1.00 bits per heavy atom. The number of hydrogen-bond acceptors (Lipinski definition) is 6. The molecule has 0 saturated carbocycles. The molecule has 0 aliphatic carbocycles. The summed E-state index contributed by atoms with van der Waals surface area (Å²) in [7, 11) is -1.73. The van der Waals surface area contributed by atoms with Gasteiger partial charge in [-0.25, -0.2) is 13.6 Å². The summed E-state index contributed by atoms with van der Waals surface area (Å²) >= 11 is 0. The van der Waals surface area contributed by atoms with E-state index in [2.05, 4.69) is 9.47 Å². The zero-order chi connectivity index (χ0) is 28.5. The van der Waals surface area contributed by atoms with Crippen molar-refractivity contribution in [2.75, 3.05) is 19.5 Å². The van der Waals surface area contributed by atoms with E-state index in [1.54, 1.807) is 0 Å². The van der Waals surface area contributed by atoms with Gasteiger partial charge in [-0.05, 0) is 12.1 Å². The van der Waals surface area contributed by atoms with Crippen LogP contribution in [0.15, 0.2) is 23.1 Å². The summed E-state index contributed by atoms with van der Waals surface area (Å²) in [5.41, 5.74) is -0.922. The van der Waals surface area contributed by atoms with Gasteiger partial charge in [-0.15, -0.1) is 0 Å². The number of ether oxygens (including phenoxy) is 2. The first kappa shape index (κ1) is 31.2. The zero-order valence-electron chi connectivity index (χ0n) is 17.1. The van der Waals surface area contributed by atoms with Crippen LogP contribution in [0, 0.1) is 10.1 Å². The van der Waals surface area contributed by atoms with Crippen LogP contribution in [0.5, 0.6) is 5.75 Å². The lowest BCUT2D eigenvalue weighted by Crippen LogP contribution is -2.69. The van der Waals surface area contributed by atoms with E-state index in [9.17, 15) is 71.8 Å². The van der Waals surface area contributed by atoms with Gasteiger partial charge in [-0.2, -0.15) is 43.9 Å². The van der Waals surface area contributed by atoms with Crippen molar-refractivity contribution >= 4 is 22.5 Å². The SMILES string of the molecule is CS(=O)c1ccc(OCC(=O)OCC(F)(F)C(F)(F)C(F)(F)C(F)(F)C(F)(F)C(F)F)c([N+](=O)[O-])c1. The number of rotatable bonds is 12. The molecule has 1 aromatic carbocycles. The van der Waals surface area contributed by atoms with Crippen LogP contribution in [-0.2, 0) is 20.3 Å². The highest BCUT2D eigenvalue weighted by atomic mass is 32.2. The van der Waals surface area contributed by atoms with E-state index >= 15 is 0 Å². The topological polar surface area (TPSA) is 95.7 Å². The Hall–Kier alpha value is -2.80. The predicted octanol–water partition coefficient (Wildman–Crippen LogP) is 4.70. The van der Waals surface area contributed by atoms with E-state index in [0.29, 0.717) is 6.07 Å². The van der Waals surface area contributed by atoms with E-state index in [0.717, 1.165) is 18.4 Å². The average molecular weight is 573 g/mol. The molecule has 0 spiro atoms. The third-order valence-electron chi connectivity index (χ3n) is 4.16. The van der Waals surface area contributed by atoms with Crippen LogP contribution >= 0.6 is 0 Å². The third-order valence-corrected chi connectivity index (χ3v) is 5.08. The maximum atomic E-state index is 13.6. The normalized spacial score (nSPS) is 14.5. The highest BCUT2D eigenvalue weighted by molar-refractivity contribution is 7.84. The van der Waals surface area contributed by atoms with Crippen molar-refractivity contribution in [2.45, 2.75) is 40.9 Å². The molecule has 0 bridgehead atoms. The van der Waals surface area contributed by atoms with Gasteiger partial charge < -0.3 is 9.47 Å². The van der Waals surface area contributed by atoms with Crippen molar-refractivity contribution < 1.29 is 76.1 Å². The number of benzene rings is 1. The molecule has 20 heteroatoms. The number of alkyl halides is 12. The molecular weight excluding hydrogens is 562 g/mol. The zero-order valence-corrected chi connectivity index (χ0v) is 17.9. The Kier molecular flexibility index (Phi) is 8.92. The van der Waals surface area contributed by atoms with Crippen LogP contribution in [0.25, 0.3) is 0 Å². The van der Waals surface area contributed by atoms with Gasteiger partial charge in [-0.3, -0.25) is 14.3 Å². The second-order valence-electron chi connectivity index (χ2n) is 6.64. The lowest BCUT2D eigenvalue weighted by molar-refractivity contribution is -0.414. The van der Waals surface area contributed by atoms with Crippen LogP contribution < -0.4 is 4.74 Å². The van der Waals surface area contributed by atoms with Crippen molar-refractivity contribution in [3.8, 4) is 5.75 Å². The summed E-state index contributed by atoms with van der Waals surface area (Å²) < 4.78 is 176. The first-order valence-electron chi connectivity index (χ1n) is 8.62. The van der Waals surface area contributed by atoms with E-state index in [1.165, 1.54) is 0 Å².